The van der Waals surface area contributed by atoms with Gasteiger partial charge in [0.2, 0.25) is 0 Å². The first-order valence-electron chi connectivity index (χ1n) is 12.9. The smallest absolute Gasteiger partial charge is 0.295 e. The number of likely N-dealkylation sites (tertiary alicyclic amines) is 1. The van der Waals surface area contributed by atoms with Gasteiger partial charge >= 0.3 is 0 Å². The third kappa shape index (κ3) is 4.77. The van der Waals surface area contributed by atoms with Crippen LogP contribution in [0.5, 0.6) is 17.2 Å². The maximum absolute atomic E-state index is 13.5. The molecule has 0 saturated carbocycles. The molecule has 1 saturated heterocycles. The fourth-order valence-electron chi connectivity index (χ4n) is 5.27. The number of rotatable bonds is 6. The number of ether oxygens (including phenoxy) is 2. The topological polar surface area (TPSA) is 76.1 Å². The summed E-state index contributed by atoms with van der Waals surface area (Å²) in [7, 11) is 0. The van der Waals surface area contributed by atoms with Crippen LogP contribution in [0.25, 0.3) is 5.76 Å². The molecule has 0 radical (unpaired) electrons. The summed E-state index contributed by atoms with van der Waals surface area (Å²) in [5, 5.41) is 11.5. The Morgan fingerprint density at radius 1 is 0.897 bits per heavy atom. The van der Waals surface area contributed by atoms with E-state index in [1.165, 1.54) is 4.90 Å². The van der Waals surface area contributed by atoms with Gasteiger partial charge in [-0.05, 0) is 66.1 Å². The van der Waals surface area contributed by atoms with Gasteiger partial charge in [-0.3, -0.25) is 9.59 Å². The Hall–Kier alpha value is -4.84. The van der Waals surface area contributed by atoms with Gasteiger partial charge in [0.25, 0.3) is 11.7 Å². The van der Waals surface area contributed by atoms with Crippen molar-refractivity contribution in [2.45, 2.75) is 32.0 Å². The second-order valence-electron chi connectivity index (χ2n) is 9.86. The number of hydrogen-bond donors (Lipinski definition) is 1. The molecule has 6 rings (SSSR count). The van der Waals surface area contributed by atoms with E-state index in [9.17, 15) is 14.7 Å². The van der Waals surface area contributed by atoms with Crippen molar-refractivity contribution in [1.82, 2.24) is 4.90 Å². The lowest BCUT2D eigenvalue weighted by atomic mass is 9.94. The van der Waals surface area contributed by atoms with Crippen LogP contribution in [0.4, 0.5) is 0 Å². The monoisotopic (exact) mass is 517 g/mol. The van der Waals surface area contributed by atoms with Gasteiger partial charge in [0, 0.05) is 18.5 Å². The fraction of sp³-hybridized carbons (Fsp3) is 0.152. The number of carbonyl (C=O) groups excluding carboxylic acids is 2. The number of fused-ring (bicyclic) bond motifs is 1. The first kappa shape index (κ1) is 24.5. The highest BCUT2D eigenvalue weighted by Crippen LogP contribution is 2.42. The SMILES string of the molecule is CC1Cc2cc(/C(O)=C3/C(=O)C(=O)N(Cc4ccccc4)C3c3cccc(Oc4ccccc4)c3)ccc2O1. The summed E-state index contributed by atoms with van der Waals surface area (Å²) in [4.78, 5) is 28.4. The number of aliphatic hydroxyl groups is 1. The van der Waals surface area contributed by atoms with Crippen molar-refractivity contribution in [2.24, 2.45) is 0 Å². The average Bonchev–Trinajstić information content (AvgIpc) is 3.45. The summed E-state index contributed by atoms with van der Waals surface area (Å²) in [6, 6.07) is 30.8. The molecule has 6 nitrogen and oxygen atoms in total. The highest BCUT2D eigenvalue weighted by atomic mass is 16.5. The van der Waals surface area contributed by atoms with Crippen LogP contribution in [0.1, 0.15) is 35.2 Å². The number of aliphatic hydroxyl groups excluding tert-OH is 1. The zero-order chi connectivity index (χ0) is 26.9. The molecule has 0 spiro atoms. The van der Waals surface area contributed by atoms with Gasteiger partial charge < -0.3 is 19.5 Å². The lowest BCUT2D eigenvalue weighted by molar-refractivity contribution is -0.140. The van der Waals surface area contributed by atoms with E-state index < -0.39 is 17.7 Å². The molecule has 39 heavy (non-hydrogen) atoms. The predicted octanol–water partition coefficient (Wildman–Crippen LogP) is 6.42. The number of nitrogens with zero attached hydrogens (tertiary/aromatic N) is 1. The molecule has 1 N–H and O–H groups in total. The summed E-state index contributed by atoms with van der Waals surface area (Å²) >= 11 is 0. The van der Waals surface area contributed by atoms with Crippen molar-refractivity contribution in [2.75, 3.05) is 0 Å². The molecule has 1 amide bonds. The zero-order valence-electron chi connectivity index (χ0n) is 21.4. The maximum Gasteiger partial charge on any atom is 0.295 e. The predicted molar refractivity (Wildman–Crippen MR) is 147 cm³/mol. The first-order chi connectivity index (χ1) is 19.0. The van der Waals surface area contributed by atoms with Crippen molar-refractivity contribution >= 4 is 17.4 Å². The van der Waals surface area contributed by atoms with E-state index in [1.807, 2.05) is 97.9 Å². The van der Waals surface area contributed by atoms with Crippen molar-refractivity contribution in [3.05, 3.63) is 131 Å². The fourth-order valence-corrected chi connectivity index (χ4v) is 5.27. The molecular formula is C33H27NO5. The van der Waals surface area contributed by atoms with Gasteiger partial charge in [-0.25, -0.2) is 0 Å². The van der Waals surface area contributed by atoms with Crippen LogP contribution in [-0.2, 0) is 22.6 Å². The lowest BCUT2D eigenvalue weighted by Crippen LogP contribution is -2.29. The summed E-state index contributed by atoms with van der Waals surface area (Å²) in [6.45, 7) is 2.20. The van der Waals surface area contributed by atoms with E-state index in [1.54, 1.807) is 12.1 Å². The number of ketones is 1. The van der Waals surface area contributed by atoms with Crippen LogP contribution in [0.15, 0.2) is 109 Å². The Balaban J connectivity index is 1.45. The number of Topliss-reactive ketones (excluding diaryl/α,β-unsaturated/α-hetero) is 1. The lowest BCUT2D eigenvalue weighted by Gasteiger charge is -2.26. The Morgan fingerprint density at radius 3 is 2.38 bits per heavy atom. The maximum atomic E-state index is 13.5. The van der Waals surface area contributed by atoms with Crippen LogP contribution in [0.2, 0.25) is 0 Å². The third-order valence-electron chi connectivity index (χ3n) is 7.06. The van der Waals surface area contributed by atoms with E-state index in [0.717, 1.165) is 16.9 Å². The van der Waals surface area contributed by atoms with Gasteiger partial charge in [-0.2, -0.15) is 0 Å². The highest BCUT2D eigenvalue weighted by molar-refractivity contribution is 6.46. The quantitative estimate of drug-likeness (QED) is 0.181. The van der Waals surface area contributed by atoms with Crippen molar-refractivity contribution < 1.29 is 24.2 Å². The Kier molecular flexibility index (Phi) is 6.37. The van der Waals surface area contributed by atoms with Crippen molar-refractivity contribution in [3.63, 3.8) is 0 Å². The van der Waals surface area contributed by atoms with E-state index in [0.29, 0.717) is 29.0 Å². The molecule has 2 unspecified atom stereocenters. The molecule has 2 aliphatic heterocycles. The zero-order valence-corrected chi connectivity index (χ0v) is 21.4. The number of benzene rings is 4. The van der Waals surface area contributed by atoms with Crippen LogP contribution in [0.3, 0.4) is 0 Å². The normalized spacial score (nSPS) is 19.6. The van der Waals surface area contributed by atoms with Crippen LogP contribution < -0.4 is 9.47 Å². The molecule has 4 aromatic rings. The molecular weight excluding hydrogens is 490 g/mol. The Morgan fingerprint density at radius 2 is 1.62 bits per heavy atom. The van der Waals surface area contributed by atoms with E-state index in [2.05, 4.69) is 0 Å². The highest BCUT2D eigenvalue weighted by Gasteiger charge is 2.46. The molecule has 0 bridgehead atoms. The van der Waals surface area contributed by atoms with Crippen molar-refractivity contribution in [3.8, 4) is 17.2 Å². The van der Waals surface area contributed by atoms with Gasteiger partial charge in [0.05, 0.1) is 11.6 Å². The van der Waals surface area contributed by atoms with E-state index in [-0.39, 0.29) is 24.0 Å². The molecule has 2 aliphatic rings. The molecule has 0 aliphatic carbocycles. The van der Waals surface area contributed by atoms with E-state index in [4.69, 9.17) is 9.47 Å². The van der Waals surface area contributed by atoms with Gasteiger partial charge in [0.1, 0.15) is 29.1 Å². The number of para-hydroxylation sites is 1. The standard InChI is InChI=1S/C33H27NO5/c1-21-17-25-18-24(15-16-28(25)38-21)31(35)29-30(34(33(37)32(29)36)20-22-9-4-2-5-10-22)23-11-8-14-27(19-23)39-26-12-6-3-7-13-26/h2-16,18-19,21,30,35H,17,20H2,1H3/b31-29-. The van der Waals surface area contributed by atoms with Gasteiger partial charge in [-0.15, -0.1) is 0 Å². The molecule has 0 aromatic heterocycles. The summed E-state index contributed by atoms with van der Waals surface area (Å²) in [6.07, 6.45) is 0.752. The molecule has 4 aromatic carbocycles. The molecule has 194 valence electrons. The largest absolute Gasteiger partial charge is 0.507 e. The molecule has 6 heteroatoms. The average molecular weight is 518 g/mol. The minimum Gasteiger partial charge on any atom is -0.507 e. The third-order valence-corrected chi connectivity index (χ3v) is 7.06. The Labute approximate surface area is 226 Å². The molecule has 2 atom stereocenters. The minimum atomic E-state index is -0.798. The second kappa shape index (κ2) is 10.1. The summed E-state index contributed by atoms with van der Waals surface area (Å²) in [5.74, 6) is 0.428. The van der Waals surface area contributed by atoms with Crippen LogP contribution in [-0.4, -0.2) is 27.8 Å². The molecule has 2 heterocycles. The van der Waals surface area contributed by atoms with Crippen LogP contribution in [0, 0.1) is 0 Å². The van der Waals surface area contributed by atoms with Gasteiger partial charge in [0.15, 0.2) is 0 Å². The Bertz CT molecular complexity index is 1580. The van der Waals surface area contributed by atoms with E-state index >= 15 is 0 Å². The molecule has 1 fully saturated rings. The van der Waals surface area contributed by atoms with Crippen molar-refractivity contribution in [1.29, 1.82) is 0 Å². The number of carbonyl (C=O) groups is 2. The van der Waals surface area contributed by atoms with Crippen LogP contribution >= 0.6 is 0 Å². The summed E-state index contributed by atoms with van der Waals surface area (Å²) < 4.78 is 11.8. The van der Waals surface area contributed by atoms with Gasteiger partial charge in [-0.1, -0.05) is 60.7 Å². The minimum absolute atomic E-state index is 0.0428. The number of hydrogen-bond acceptors (Lipinski definition) is 5. The number of amides is 1. The first-order valence-corrected chi connectivity index (χ1v) is 12.9. The second-order valence-corrected chi connectivity index (χ2v) is 9.86. The summed E-state index contributed by atoms with van der Waals surface area (Å²) in [5.41, 5.74) is 3.04.